The van der Waals surface area contributed by atoms with Crippen molar-refractivity contribution in [3.63, 3.8) is 0 Å². The quantitative estimate of drug-likeness (QED) is 0.485. The van der Waals surface area contributed by atoms with Crippen LogP contribution in [0.4, 0.5) is 5.69 Å². The van der Waals surface area contributed by atoms with Crippen LogP contribution in [0, 0.1) is 16.0 Å². The van der Waals surface area contributed by atoms with E-state index in [0.717, 1.165) is 6.08 Å². The first-order valence-electron chi connectivity index (χ1n) is 5.72. The van der Waals surface area contributed by atoms with E-state index in [1.165, 1.54) is 18.2 Å². The highest BCUT2D eigenvalue weighted by atomic mass is 16.6. The number of aliphatic carboxylic acids is 1. The first-order chi connectivity index (χ1) is 8.90. The summed E-state index contributed by atoms with van der Waals surface area (Å²) in [5.74, 6) is -0.667. The Morgan fingerprint density at radius 2 is 2.21 bits per heavy atom. The van der Waals surface area contributed by atoms with E-state index in [0.29, 0.717) is 12.2 Å². The van der Waals surface area contributed by atoms with Crippen LogP contribution in [0.25, 0.3) is 6.08 Å². The molecule has 0 atom stereocenters. The molecule has 0 aliphatic rings. The minimum Gasteiger partial charge on any atom is -0.487 e. The highest BCUT2D eigenvalue weighted by molar-refractivity contribution is 5.85. The van der Waals surface area contributed by atoms with Crippen LogP contribution in [-0.4, -0.2) is 22.6 Å². The number of hydrogen-bond acceptors (Lipinski definition) is 4. The maximum absolute atomic E-state index is 10.9. The summed E-state index contributed by atoms with van der Waals surface area (Å²) in [5.41, 5.74) is 0.263. The van der Waals surface area contributed by atoms with Crippen molar-refractivity contribution in [2.24, 2.45) is 5.92 Å². The van der Waals surface area contributed by atoms with Crippen molar-refractivity contribution in [3.05, 3.63) is 40.0 Å². The summed E-state index contributed by atoms with van der Waals surface area (Å²) in [6, 6.07) is 4.33. The third-order valence-corrected chi connectivity index (χ3v) is 2.17. The average Bonchev–Trinajstić information content (AvgIpc) is 2.33. The van der Waals surface area contributed by atoms with Gasteiger partial charge in [0.25, 0.3) is 0 Å². The minimum absolute atomic E-state index is 0.173. The van der Waals surface area contributed by atoms with Gasteiger partial charge in [-0.15, -0.1) is 0 Å². The summed E-state index contributed by atoms with van der Waals surface area (Å²) in [6.45, 7) is 4.26. The van der Waals surface area contributed by atoms with Gasteiger partial charge >= 0.3 is 11.7 Å². The standard InChI is InChI=1S/C13H15NO5/c1-9(2)8-19-12-5-3-10(4-6-13(15)16)7-11(12)14(17)18/h3-7,9H,8H2,1-2H3,(H,15,16)/b6-4+. The third-order valence-electron chi connectivity index (χ3n) is 2.17. The van der Waals surface area contributed by atoms with Crippen LogP contribution in [0.2, 0.25) is 0 Å². The van der Waals surface area contributed by atoms with E-state index in [4.69, 9.17) is 9.84 Å². The molecule has 0 heterocycles. The van der Waals surface area contributed by atoms with Crippen molar-refractivity contribution < 1.29 is 19.6 Å². The number of carboxylic acids is 1. The number of nitro benzene ring substituents is 1. The van der Waals surface area contributed by atoms with Crippen LogP contribution in [0.1, 0.15) is 19.4 Å². The Morgan fingerprint density at radius 1 is 1.53 bits per heavy atom. The molecule has 0 fully saturated rings. The molecule has 0 radical (unpaired) electrons. The van der Waals surface area contributed by atoms with Crippen LogP contribution in [0.3, 0.4) is 0 Å². The third kappa shape index (κ3) is 4.79. The number of carbonyl (C=O) groups is 1. The monoisotopic (exact) mass is 265 g/mol. The Balaban J connectivity index is 3.01. The largest absolute Gasteiger partial charge is 0.487 e. The van der Waals surface area contributed by atoms with Crippen molar-refractivity contribution >= 4 is 17.7 Å². The van der Waals surface area contributed by atoms with Crippen molar-refractivity contribution in [3.8, 4) is 5.75 Å². The van der Waals surface area contributed by atoms with Crippen LogP contribution < -0.4 is 4.74 Å². The fraction of sp³-hybridized carbons (Fsp3) is 0.308. The van der Waals surface area contributed by atoms with Gasteiger partial charge in [-0.2, -0.15) is 0 Å². The molecule has 0 aliphatic carbocycles. The molecule has 0 saturated heterocycles. The minimum atomic E-state index is -1.11. The van der Waals surface area contributed by atoms with Gasteiger partial charge in [0.05, 0.1) is 11.5 Å². The molecule has 19 heavy (non-hydrogen) atoms. The van der Waals surface area contributed by atoms with Crippen molar-refractivity contribution in [1.29, 1.82) is 0 Å². The van der Waals surface area contributed by atoms with E-state index in [-0.39, 0.29) is 17.4 Å². The second kappa shape index (κ2) is 6.53. The lowest BCUT2D eigenvalue weighted by Crippen LogP contribution is -2.06. The van der Waals surface area contributed by atoms with E-state index in [1.54, 1.807) is 6.07 Å². The molecule has 0 aliphatic heterocycles. The van der Waals surface area contributed by atoms with Gasteiger partial charge in [-0.1, -0.05) is 19.9 Å². The maximum atomic E-state index is 10.9. The first-order valence-corrected chi connectivity index (χ1v) is 5.72. The Kier molecular flexibility index (Phi) is 5.05. The average molecular weight is 265 g/mol. The Bertz CT molecular complexity index is 508. The van der Waals surface area contributed by atoms with Gasteiger partial charge in [-0.3, -0.25) is 10.1 Å². The van der Waals surface area contributed by atoms with Gasteiger partial charge in [0.15, 0.2) is 5.75 Å². The van der Waals surface area contributed by atoms with Gasteiger partial charge in [0.1, 0.15) is 0 Å². The lowest BCUT2D eigenvalue weighted by atomic mass is 10.1. The molecular weight excluding hydrogens is 250 g/mol. The summed E-state index contributed by atoms with van der Waals surface area (Å²) < 4.78 is 5.36. The van der Waals surface area contributed by atoms with Crippen LogP contribution in [0.15, 0.2) is 24.3 Å². The summed E-state index contributed by atoms with van der Waals surface area (Å²) >= 11 is 0. The summed E-state index contributed by atoms with van der Waals surface area (Å²) in [5, 5.41) is 19.4. The fourth-order valence-electron chi connectivity index (χ4n) is 1.33. The van der Waals surface area contributed by atoms with Gasteiger partial charge in [0.2, 0.25) is 0 Å². The second-order valence-electron chi connectivity index (χ2n) is 4.36. The molecule has 0 bridgehead atoms. The van der Waals surface area contributed by atoms with Gasteiger partial charge < -0.3 is 9.84 Å². The topological polar surface area (TPSA) is 89.7 Å². The Morgan fingerprint density at radius 3 is 2.74 bits per heavy atom. The highest BCUT2D eigenvalue weighted by Crippen LogP contribution is 2.28. The van der Waals surface area contributed by atoms with E-state index < -0.39 is 10.9 Å². The SMILES string of the molecule is CC(C)COc1ccc(/C=C/C(=O)O)cc1[N+](=O)[O-]. The number of carboxylic acid groups (broad SMARTS) is 1. The number of nitro groups is 1. The predicted octanol–water partition coefficient (Wildman–Crippen LogP) is 2.73. The molecule has 0 unspecified atom stereocenters. The number of rotatable bonds is 6. The molecule has 1 rings (SSSR count). The van der Waals surface area contributed by atoms with Gasteiger partial charge in [-0.05, 0) is 23.6 Å². The number of ether oxygens (including phenoxy) is 1. The zero-order valence-electron chi connectivity index (χ0n) is 10.7. The summed E-state index contributed by atoms with van der Waals surface area (Å²) in [6.07, 6.45) is 2.22. The zero-order chi connectivity index (χ0) is 14.4. The molecule has 1 N–H and O–H groups in total. The summed E-state index contributed by atoms with van der Waals surface area (Å²) in [4.78, 5) is 20.8. The number of benzene rings is 1. The predicted molar refractivity (Wildman–Crippen MR) is 70.1 cm³/mol. The lowest BCUT2D eigenvalue weighted by molar-refractivity contribution is -0.385. The molecule has 0 saturated carbocycles. The van der Waals surface area contributed by atoms with E-state index in [2.05, 4.69) is 0 Å². The normalized spacial score (nSPS) is 10.9. The van der Waals surface area contributed by atoms with Gasteiger partial charge in [0, 0.05) is 12.1 Å². The molecule has 6 heteroatoms. The zero-order valence-corrected chi connectivity index (χ0v) is 10.7. The molecule has 1 aromatic carbocycles. The molecule has 102 valence electrons. The number of nitrogens with zero attached hydrogens (tertiary/aromatic N) is 1. The highest BCUT2D eigenvalue weighted by Gasteiger charge is 2.15. The van der Waals surface area contributed by atoms with Crippen LogP contribution >= 0.6 is 0 Å². The Labute approximate surface area is 110 Å². The smallest absolute Gasteiger partial charge is 0.328 e. The van der Waals surface area contributed by atoms with Crippen molar-refractivity contribution in [2.75, 3.05) is 6.61 Å². The fourth-order valence-corrected chi connectivity index (χ4v) is 1.33. The molecule has 0 spiro atoms. The van der Waals surface area contributed by atoms with Crippen LogP contribution in [-0.2, 0) is 4.79 Å². The molecule has 6 nitrogen and oxygen atoms in total. The van der Waals surface area contributed by atoms with Crippen molar-refractivity contribution in [1.82, 2.24) is 0 Å². The van der Waals surface area contributed by atoms with E-state index in [9.17, 15) is 14.9 Å². The maximum Gasteiger partial charge on any atom is 0.328 e. The van der Waals surface area contributed by atoms with Gasteiger partial charge in [-0.25, -0.2) is 4.79 Å². The lowest BCUT2D eigenvalue weighted by Gasteiger charge is -2.09. The molecule has 0 aromatic heterocycles. The first kappa shape index (κ1) is 14.7. The number of hydrogen-bond donors (Lipinski definition) is 1. The van der Waals surface area contributed by atoms with Crippen LogP contribution in [0.5, 0.6) is 5.75 Å². The molecule has 0 amide bonds. The molecule has 1 aromatic rings. The summed E-state index contributed by atoms with van der Waals surface area (Å²) in [7, 11) is 0. The molecular formula is C13H15NO5. The van der Waals surface area contributed by atoms with Crippen molar-refractivity contribution in [2.45, 2.75) is 13.8 Å². The van der Waals surface area contributed by atoms with E-state index >= 15 is 0 Å². The Hall–Kier alpha value is -2.37. The van der Waals surface area contributed by atoms with E-state index in [1.807, 2.05) is 13.8 Å². The second-order valence-corrected chi connectivity index (χ2v) is 4.36.